The smallest absolute Gasteiger partial charge is 0.0516 e. The van der Waals surface area contributed by atoms with Crippen LogP contribution < -0.4 is 0 Å². The summed E-state index contributed by atoms with van der Waals surface area (Å²) in [4.78, 5) is 3.37. The summed E-state index contributed by atoms with van der Waals surface area (Å²) in [5.41, 5.74) is 7.32. The Morgan fingerprint density at radius 1 is 1.16 bits per heavy atom. The minimum atomic E-state index is 0.122. The van der Waals surface area contributed by atoms with Crippen LogP contribution in [0.4, 0.5) is 0 Å². The molecule has 0 saturated heterocycles. The Bertz CT molecular complexity index is 1110. The molecule has 124 valence electrons. The summed E-state index contributed by atoms with van der Waals surface area (Å²) in [6.07, 6.45) is 6.39. The van der Waals surface area contributed by atoms with Crippen LogP contribution in [0.25, 0.3) is 21.8 Å². The van der Waals surface area contributed by atoms with Gasteiger partial charge >= 0.3 is 0 Å². The van der Waals surface area contributed by atoms with E-state index in [1.165, 1.54) is 38.5 Å². The van der Waals surface area contributed by atoms with Crippen LogP contribution in [0.2, 0.25) is 0 Å². The zero-order chi connectivity index (χ0) is 17.0. The maximum absolute atomic E-state index is 8.44. The van der Waals surface area contributed by atoms with E-state index in [1.54, 1.807) is 0 Å². The van der Waals surface area contributed by atoms with Crippen molar-refractivity contribution < 1.29 is 0 Å². The Balaban J connectivity index is 1.63. The molecular weight excluding hydrogens is 306 g/mol. The summed E-state index contributed by atoms with van der Waals surface area (Å²) in [5, 5.41) is 11.0. The number of hydrogen-bond donors (Lipinski definition) is 2. The van der Waals surface area contributed by atoms with Gasteiger partial charge in [-0.05, 0) is 42.5 Å². The largest absolute Gasteiger partial charge is 0.361 e. The number of nitrogens with zero attached hydrogens (tertiary/aromatic N) is 1. The highest BCUT2D eigenvalue weighted by molar-refractivity contribution is 5.96. The lowest BCUT2D eigenvalue weighted by atomic mass is 9.88. The quantitative estimate of drug-likeness (QED) is 0.493. The molecule has 0 saturated carbocycles. The number of aromatic nitrogens is 2. The van der Waals surface area contributed by atoms with Crippen LogP contribution in [-0.2, 0) is 19.4 Å². The minimum absolute atomic E-state index is 0.122. The standard InChI is InChI=1S/C22H21N3/c1-14(23)19(11-16-12-24-21-8-3-2-6-17(16)21)20-13-25-10-9-15-5-4-7-18(20)22(15)25/h2-8,12-13,19,23-24H,9-11H2,1H3. The predicted molar refractivity (Wildman–Crippen MR) is 104 cm³/mol. The third-order valence-corrected chi connectivity index (χ3v) is 5.63. The third kappa shape index (κ3) is 2.15. The molecule has 1 unspecified atom stereocenters. The van der Waals surface area contributed by atoms with Gasteiger partial charge in [0.25, 0.3) is 0 Å². The molecule has 0 radical (unpaired) electrons. The second-order valence-electron chi connectivity index (χ2n) is 7.14. The average molecular weight is 327 g/mol. The van der Waals surface area contributed by atoms with E-state index in [1.807, 2.05) is 6.92 Å². The van der Waals surface area contributed by atoms with E-state index >= 15 is 0 Å². The molecule has 5 rings (SSSR count). The normalized spacial score (nSPS) is 14.4. The number of fused-ring (bicyclic) bond motifs is 1. The van der Waals surface area contributed by atoms with Gasteiger partial charge in [-0.15, -0.1) is 0 Å². The summed E-state index contributed by atoms with van der Waals surface area (Å²) in [6, 6.07) is 15.1. The summed E-state index contributed by atoms with van der Waals surface area (Å²) in [5.74, 6) is 0.122. The number of nitrogens with one attached hydrogen (secondary N) is 2. The molecule has 2 aromatic heterocycles. The summed E-state index contributed by atoms with van der Waals surface area (Å²) < 4.78 is 2.38. The van der Waals surface area contributed by atoms with E-state index in [4.69, 9.17) is 5.41 Å². The molecule has 0 bridgehead atoms. The van der Waals surface area contributed by atoms with E-state index in [-0.39, 0.29) is 5.92 Å². The van der Waals surface area contributed by atoms with Gasteiger partial charge < -0.3 is 15.0 Å². The zero-order valence-electron chi connectivity index (χ0n) is 14.3. The van der Waals surface area contributed by atoms with Crippen molar-refractivity contribution in [3.8, 4) is 0 Å². The number of H-pyrrole nitrogens is 1. The number of rotatable bonds is 4. The van der Waals surface area contributed by atoms with Crippen LogP contribution in [0.3, 0.4) is 0 Å². The van der Waals surface area contributed by atoms with Gasteiger partial charge in [0.15, 0.2) is 0 Å². The predicted octanol–water partition coefficient (Wildman–Crippen LogP) is 5.04. The van der Waals surface area contributed by atoms with Crippen LogP contribution in [0.5, 0.6) is 0 Å². The van der Waals surface area contributed by atoms with E-state index in [2.05, 4.69) is 64.4 Å². The fraction of sp³-hybridized carbons (Fsp3) is 0.227. The molecule has 25 heavy (non-hydrogen) atoms. The Morgan fingerprint density at radius 3 is 2.88 bits per heavy atom. The molecular formula is C22H21N3. The van der Waals surface area contributed by atoms with Crippen molar-refractivity contribution in [1.82, 2.24) is 9.55 Å². The maximum atomic E-state index is 8.44. The van der Waals surface area contributed by atoms with Gasteiger partial charge in [0.2, 0.25) is 0 Å². The summed E-state index contributed by atoms with van der Waals surface area (Å²) >= 11 is 0. The molecule has 3 nitrogen and oxygen atoms in total. The molecule has 1 aliphatic rings. The molecule has 4 aromatic rings. The van der Waals surface area contributed by atoms with Crippen molar-refractivity contribution >= 4 is 27.5 Å². The Kier molecular flexibility index (Phi) is 3.11. The van der Waals surface area contributed by atoms with Crippen molar-refractivity contribution in [1.29, 1.82) is 5.41 Å². The number of benzene rings is 2. The molecule has 0 spiro atoms. The number of aromatic amines is 1. The van der Waals surface area contributed by atoms with Crippen LogP contribution >= 0.6 is 0 Å². The van der Waals surface area contributed by atoms with Crippen molar-refractivity contribution in [2.75, 3.05) is 0 Å². The third-order valence-electron chi connectivity index (χ3n) is 5.63. The molecule has 0 aliphatic carbocycles. The van der Waals surface area contributed by atoms with Gasteiger partial charge in [0.1, 0.15) is 0 Å². The average Bonchev–Trinajstić information content (AvgIpc) is 3.31. The lowest BCUT2D eigenvalue weighted by molar-refractivity contribution is 0.760. The monoisotopic (exact) mass is 327 g/mol. The van der Waals surface area contributed by atoms with Crippen LogP contribution in [0.1, 0.15) is 29.5 Å². The fourth-order valence-electron chi connectivity index (χ4n) is 4.38. The highest BCUT2D eigenvalue weighted by Gasteiger charge is 2.24. The topological polar surface area (TPSA) is 44.6 Å². The second-order valence-corrected chi connectivity index (χ2v) is 7.14. The highest BCUT2D eigenvalue weighted by atomic mass is 15.0. The summed E-state index contributed by atoms with van der Waals surface area (Å²) in [7, 11) is 0. The molecule has 0 fully saturated rings. The van der Waals surface area contributed by atoms with E-state index in [0.717, 1.165) is 25.1 Å². The first-order valence-electron chi connectivity index (χ1n) is 8.93. The molecule has 1 atom stereocenters. The molecule has 0 amide bonds. The van der Waals surface area contributed by atoms with Crippen molar-refractivity contribution in [3.63, 3.8) is 0 Å². The van der Waals surface area contributed by atoms with Gasteiger partial charge in [-0.2, -0.15) is 0 Å². The highest BCUT2D eigenvalue weighted by Crippen LogP contribution is 2.36. The molecule has 3 heteroatoms. The van der Waals surface area contributed by atoms with Crippen molar-refractivity contribution in [2.45, 2.75) is 32.2 Å². The van der Waals surface area contributed by atoms with E-state index in [9.17, 15) is 0 Å². The number of hydrogen-bond acceptors (Lipinski definition) is 1. The van der Waals surface area contributed by atoms with E-state index < -0.39 is 0 Å². The van der Waals surface area contributed by atoms with Gasteiger partial charge in [-0.3, -0.25) is 0 Å². The second kappa shape index (κ2) is 5.35. The molecule has 1 aliphatic heterocycles. The summed E-state index contributed by atoms with van der Waals surface area (Å²) in [6.45, 7) is 3.00. The first-order valence-corrected chi connectivity index (χ1v) is 8.93. The van der Waals surface area contributed by atoms with Gasteiger partial charge in [0, 0.05) is 46.9 Å². The maximum Gasteiger partial charge on any atom is 0.0516 e. The van der Waals surface area contributed by atoms with Crippen molar-refractivity contribution in [2.24, 2.45) is 0 Å². The number of aryl methyl sites for hydroxylation is 2. The Labute approximate surface area is 146 Å². The molecule has 2 N–H and O–H groups in total. The van der Waals surface area contributed by atoms with Crippen LogP contribution in [-0.4, -0.2) is 15.3 Å². The van der Waals surface area contributed by atoms with E-state index in [0.29, 0.717) is 0 Å². The minimum Gasteiger partial charge on any atom is -0.361 e. The van der Waals surface area contributed by atoms with Crippen LogP contribution in [0.15, 0.2) is 54.9 Å². The fourth-order valence-corrected chi connectivity index (χ4v) is 4.38. The lowest BCUT2D eigenvalue weighted by Crippen LogP contribution is -2.11. The molecule has 2 aromatic carbocycles. The Morgan fingerprint density at radius 2 is 2.00 bits per heavy atom. The first kappa shape index (κ1) is 14.5. The van der Waals surface area contributed by atoms with Gasteiger partial charge in [-0.1, -0.05) is 36.4 Å². The lowest BCUT2D eigenvalue weighted by Gasteiger charge is -2.16. The van der Waals surface area contributed by atoms with Gasteiger partial charge in [-0.25, -0.2) is 0 Å². The van der Waals surface area contributed by atoms with Gasteiger partial charge in [0.05, 0.1) is 5.52 Å². The van der Waals surface area contributed by atoms with Crippen LogP contribution in [0, 0.1) is 5.41 Å². The first-order chi connectivity index (χ1) is 12.2. The number of para-hydroxylation sites is 2. The molecule has 3 heterocycles. The zero-order valence-corrected chi connectivity index (χ0v) is 14.3. The van der Waals surface area contributed by atoms with Crippen molar-refractivity contribution in [3.05, 3.63) is 71.5 Å². The Hall–Kier alpha value is -2.81. The SMILES string of the molecule is CC(=N)C(Cc1c[nH]c2ccccc12)c1cn2c3c(cccc13)CC2.